The standard InChI is InChI=1S/C15H21N3O/c19-15(17-6-12-4-2-1-3-5-12)11-18-9-13-7-16-8-14(13)10-18/h1-5,13-14,16H,6-11H2,(H,17,19). The van der Waals surface area contributed by atoms with Crippen molar-refractivity contribution in [1.29, 1.82) is 0 Å². The van der Waals surface area contributed by atoms with Gasteiger partial charge in [-0.25, -0.2) is 0 Å². The second-order valence-electron chi connectivity index (χ2n) is 5.63. The first kappa shape index (κ1) is 12.6. The van der Waals surface area contributed by atoms with Crippen molar-refractivity contribution in [3.8, 4) is 0 Å². The predicted molar refractivity (Wildman–Crippen MR) is 74.6 cm³/mol. The Bertz CT molecular complexity index is 422. The minimum absolute atomic E-state index is 0.136. The first-order valence-corrected chi connectivity index (χ1v) is 7.05. The number of rotatable bonds is 4. The van der Waals surface area contributed by atoms with Gasteiger partial charge in [-0.05, 0) is 30.5 Å². The molecular weight excluding hydrogens is 238 g/mol. The van der Waals surface area contributed by atoms with Gasteiger partial charge in [0.25, 0.3) is 0 Å². The summed E-state index contributed by atoms with van der Waals surface area (Å²) >= 11 is 0. The van der Waals surface area contributed by atoms with Crippen molar-refractivity contribution < 1.29 is 4.79 Å². The van der Waals surface area contributed by atoms with E-state index in [4.69, 9.17) is 0 Å². The maximum absolute atomic E-state index is 11.9. The number of hydrogen-bond donors (Lipinski definition) is 2. The van der Waals surface area contributed by atoms with Crippen molar-refractivity contribution >= 4 is 5.91 Å². The van der Waals surface area contributed by atoms with Crippen molar-refractivity contribution in [3.05, 3.63) is 35.9 Å². The molecule has 0 saturated carbocycles. The third kappa shape index (κ3) is 3.14. The molecule has 0 bridgehead atoms. The van der Waals surface area contributed by atoms with Crippen molar-refractivity contribution in [2.24, 2.45) is 11.8 Å². The Morgan fingerprint density at radius 3 is 2.58 bits per heavy atom. The Kier molecular flexibility index (Phi) is 3.80. The smallest absolute Gasteiger partial charge is 0.234 e. The second kappa shape index (κ2) is 5.72. The number of nitrogens with one attached hydrogen (secondary N) is 2. The Morgan fingerprint density at radius 2 is 1.89 bits per heavy atom. The Morgan fingerprint density at radius 1 is 1.21 bits per heavy atom. The van der Waals surface area contributed by atoms with E-state index < -0.39 is 0 Å². The van der Waals surface area contributed by atoms with Gasteiger partial charge in [-0.15, -0.1) is 0 Å². The molecule has 1 aromatic carbocycles. The molecule has 0 aliphatic carbocycles. The first-order valence-electron chi connectivity index (χ1n) is 7.05. The molecule has 2 saturated heterocycles. The fourth-order valence-corrected chi connectivity index (χ4v) is 3.14. The maximum atomic E-state index is 11.9. The monoisotopic (exact) mass is 259 g/mol. The number of carbonyl (C=O) groups is 1. The van der Waals surface area contributed by atoms with E-state index in [1.54, 1.807) is 0 Å². The minimum atomic E-state index is 0.136. The molecular formula is C15H21N3O. The molecule has 19 heavy (non-hydrogen) atoms. The molecule has 0 spiro atoms. The highest BCUT2D eigenvalue weighted by atomic mass is 16.2. The van der Waals surface area contributed by atoms with Crippen molar-refractivity contribution in [3.63, 3.8) is 0 Å². The Balaban J connectivity index is 1.42. The predicted octanol–water partition coefficient (Wildman–Crippen LogP) is 0.454. The van der Waals surface area contributed by atoms with Crippen LogP contribution in [-0.2, 0) is 11.3 Å². The summed E-state index contributed by atoms with van der Waals surface area (Å²) in [7, 11) is 0. The van der Waals surface area contributed by atoms with Crippen LogP contribution in [0, 0.1) is 11.8 Å². The van der Waals surface area contributed by atoms with Crippen LogP contribution in [0.25, 0.3) is 0 Å². The normalized spacial score (nSPS) is 26.3. The van der Waals surface area contributed by atoms with Crippen molar-refractivity contribution in [2.75, 3.05) is 32.7 Å². The van der Waals surface area contributed by atoms with Gasteiger partial charge < -0.3 is 10.6 Å². The molecule has 2 N–H and O–H groups in total. The van der Waals surface area contributed by atoms with Gasteiger partial charge in [-0.1, -0.05) is 30.3 Å². The molecule has 1 amide bonds. The van der Waals surface area contributed by atoms with Gasteiger partial charge in [0.15, 0.2) is 0 Å². The van der Waals surface area contributed by atoms with Crippen LogP contribution in [0.3, 0.4) is 0 Å². The first-order chi connectivity index (χ1) is 9.31. The molecule has 2 unspecified atom stereocenters. The van der Waals surface area contributed by atoms with Crippen LogP contribution >= 0.6 is 0 Å². The summed E-state index contributed by atoms with van der Waals surface area (Å²) in [5.41, 5.74) is 1.15. The van der Waals surface area contributed by atoms with E-state index in [1.807, 2.05) is 30.3 Å². The zero-order valence-corrected chi connectivity index (χ0v) is 11.1. The summed E-state index contributed by atoms with van der Waals surface area (Å²) in [6, 6.07) is 10.0. The largest absolute Gasteiger partial charge is 0.351 e. The zero-order chi connectivity index (χ0) is 13.1. The van der Waals surface area contributed by atoms with Gasteiger partial charge in [-0.3, -0.25) is 9.69 Å². The van der Waals surface area contributed by atoms with E-state index in [0.29, 0.717) is 13.1 Å². The Labute approximate surface area is 114 Å². The fourth-order valence-electron chi connectivity index (χ4n) is 3.14. The summed E-state index contributed by atoms with van der Waals surface area (Å²) in [4.78, 5) is 14.2. The molecule has 2 atom stereocenters. The number of benzene rings is 1. The van der Waals surface area contributed by atoms with Gasteiger partial charge in [0.1, 0.15) is 0 Å². The van der Waals surface area contributed by atoms with Crippen LogP contribution in [0.1, 0.15) is 5.56 Å². The molecule has 3 rings (SSSR count). The van der Waals surface area contributed by atoms with E-state index in [-0.39, 0.29) is 5.91 Å². The second-order valence-corrected chi connectivity index (χ2v) is 5.63. The third-order valence-electron chi connectivity index (χ3n) is 4.16. The highest BCUT2D eigenvalue weighted by molar-refractivity contribution is 5.78. The van der Waals surface area contributed by atoms with E-state index >= 15 is 0 Å². The summed E-state index contributed by atoms with van der Waals surface area (Å²) in [5, 5.41) is 6.41. The zero-order valence-electron chi connectivity index (χ0n) is 11.1. The summed E-state index contributed by atoms with van der Waals surface area (Å²) in [6.45, 7) is 5.54. The number of carbonyl (C=O) groups excluding carboxylic acids is 1. The molecule has 0 radical (unpaired) electrons. The molecule has 4 nitrogen and oxygen atoms in total. The molecule has 2 aliphatic heterocycles. The topological polar surface area (TPSA) is 44.4 Å². The molecule has 2 aliphatic rings. The van der Waals surface area contributed by atoms with Crippen LogP contribution in [0.15, 0.2) is 30.3 Å². The van der Waals surface area contributed by atoms with Crippen molar-refractivity contribution in [1.82, 2.24) is 15.5 Å². The lowest BCUT2D eigenvalue weighted by Gasteiger charge is -2.16. The molecule has 102 valence electrons. The summed E-state index contributed by atoms with van der Waals surface area (Å²) in [6.07, 6.45) is 0. The number of amides is 1. The molecule has 2 heterocycles. The van der Waals surface area contributed by atoms with Gasteiger partial charge in [0.05, 0.1) is 6.54 Å². The number of likely N-dealkylation sites (tertiary alicyclic amines) is 1. The minimum Gasteiger partial charge on any atom is -0.351 e. The van der Waals surface area contributed by atoms with Crippen molar-refractivity contribution in [2.45, 2.75) is 6.54 Å². The molecule has 2 fully saturated rings. The molecule has 1 aromatic rings. The van der Waals surface area contributed by atoms with Crippen LogP contribution in [0.5, 0.6) is 0 Å². The molecule has 4 heteroatoms. The van der Waals surface area contributed by atoms with Gasteiger partial charge in [0, 0.05) is 19.6 Å². The van der Waals surface area contributed by atoms with Gasteiger partial charge in [-0.2, -0.15) is 0 Å². The van der Waals surface area contributed by atoms with E-state index in [1.165, 1.54) is 0 Å². The highest BCUT2D eigenvalue weighted by Crippen LogP contribution is 2.25. The quantitative estimate of drug-likeness (QED) is 0.825. The number of fused-ring (bicyclic) bond motifs is 1. The van der Waals surface area contributed by atoms with E-state index in [0.717, 1.165) is 43.6 Å². The highest BCUT2D eigenvalue weighted by Gasteiger charge is 2.36. The number of nitrogens with zero attached hydrogens (tertiary/aromatic N) is 1. The Hall–Kier alpha value is -1.39. The van der Waals surface area contributed by atoms with Gasteiger partial charge >= 0.3 is 0 Å². The van der Waals surface area contributed by atoms with E-state index in [9.17, 15) is 4.79 Å². The summed E-state index contributed by atoms with van der Waals surface area (Å²) < 4.78 is 0. The average molecular weight is 259 g/mol. The lowest BCUT2D eigenvalue weighted by Crippen LogP contribution is -2.37. The molecule has 0 aromatic heterocycles. The fraction of sp³-hybridized carbons (Fsp3) is 0.533. The van der Waals surface area contributed by atoms with Crippen LogP contribution < -0.4 is 10.6 Å². The van der Waals surface area contributed by atoms with E-state index in [2.05, 4.69) is 15.5 Å². The SMILES string of the molecule is O=C(CN1CC2CNCC2C1)NCc1ccccc1. The van der Waals surface area contributed by atoms with Crippen LogP contribution in [0.2, 0.25) is 0 Å². The van der Waals surface area contributed by atoms with Crippen LogP contribution in [-0.4, -0.2) is 43.5 Å². The van der Waals surface area contributed by atoms with Crippen LogP contribution in [0.4, 0.5) is 0 Å². The van der Waals surface area contributed by atoms with Gasteiger partial charge in [0.2, 0.25) is 5.91 Å². The lowest BCUT2D eigenvalue weighted by molar-refractivity contribution is -0.122. The maximum Gasteiger partial charge on any atom is 0.234 e. The third-order valence-corrected chi connectivity index (χ3v) is 4.16. The number of hydrogen-bond acceptors (Lipinski definition) is 3. The average Bonchev–Trinajstić information content (AvgIpc) is 2.98. The lowest BCUT2D eigenvalue weighted by atomic mass is 10.0. The summed E-state index contributed by atoms with van der Waals surface area (Å²) in [5.74, 6) is 1.64.